The van der Waals surface area contributed by atoms with Gasteiger partial charge in [0.2, 0.25) is 0 Å². The molecule has 0 amide bonds. The lowest BCUT2D eigenvalue weighted by molar-refractivity contribution is 0.0381. The first-order chi connectivity index (χ1) is 8.08. The Bertz CT molecular complexity index is 361. The second-order valence-electron chi connectivity index (χ2n) is 5.54. The van der Waals surface area contributed by atoms with Crippen molar-refractivity contribution in [3.63, 3.8) is 0 Å². The summed E-state index contributed by atoms with van der Waals surface area (Å²) < 4.78 is 1.21. The Morgan fingerprint density at radius 2 is 2.24 bits per heavy atom. The van der Waals surface area contributed by atoms with Crippen LogP contribution in [0.1, 0.15) is 38.0 Å². The third kappa shape index (κ3) is 3.33. The number of hydrogen-bond donors (Lipinski definition) is 1. The molecule has 3 atom stereocenters. The van der Waals surface area contributed by atoms with Crippen molar-refractivity contribution in [1.82, 2.24) is 0 Å². The van der Waals surface area contributed by atoms with E-state index in [2.05, 4.69) is 41.2 Å². The van der Waals surface area contributed by atoms with Gasteiger partial charge in [0.05, 0.1) is 6.10 Å². The number of hydrogen-bond acceptors (Lipinski definition) is 2. The Labute approximate surface area is 116 Å². The minimum atomic E-state index is -0.0981. The van der Waals surface area contributed by atoms with Gasteiger partial charge in [-0.05, 0) is 70.8 Å². The molecule has 0 aromatic carbocycles. The zero-order chi connectivity index (χ0) is 12.4. The fourth-order valence-corrected chi connectivity index (χ4v) is 4.43. The van der Waals surface area contributed by atoms with Gasteiger partial charge in [0, 0.05) is 9.35 Å². The Morgan fingerprint density at radius 1 is 1.47 bits per heavy atom. The molecule has 0 aliphatic heterocycles. The molecule has 2 rings (SSSR count). The molecule has 3 unspecified atom stereocenters. The smallest absolute Gasteiger partial charge is 0.0572 e. The zero-order valence-corrected chi connectivity index (χ0v) is 12.9. The summed E-state index contributed by atoms with van der Waals surface area (Å²) in [5.74, 6) is 1.99. The van der Waals surface area contributed by atoms with Crippen molar-refractivity contribution in [2.24, 2.45) is 17.8 Å². The van der Waals surface area contributed by atoms with Crippen LogP contribution in [-0.2, 0) is 6.42 Å². The minimum absolute atomic E-state index is 0.0981. The maximum atomic E-state index is 10.1. The van der Waals surface area contributed by atoms with E-state index in [0.717, 1.165) is 24.7 Å². The van der Waals surface area contributed by atoms with E-state index < -0.39 is 0 Å². The lowest BCUT2D eigenvalue weighted by Gasteiger charge is -2.35. The summed E-state index contributed by atoms with van der Waals surface area (Å²) in [6.45, 7) is 4.61. The van der Waals surface area contributed by atoms with Gasteiger partial charge >= 0.3 is 0 Å². The fourth-order valence-electron chi connectivity index (χ4n) is 2.82. The van der Waals surface area contributed by atoms with Crippen LogP contribution in [0, 0.1) is 17.8 Å². The van der Waals surface area contributed by atoms with Crippen molar-refractivity contribution in [2.45, 2.75) is 45.6 Å². The van der Waals surface area contributed by atoms with Gasteiger partial charge in [-0.3, -0.25) is 0 Å². The van der Waals surface area contributed by atoms with Gasteiger partial charge in [-0.15, -0.1) is 11.3 Å². The Morgan fingerprint density at radius 3 is 2.82 bits per heavy atom. The average Bonchev–Trinajstić information content (AvgIpc) is 2.67. The maximum absolute atomic E-state index is 10.1. The van der Waals surface area contributed by atoms with E-state index in [-0.39, 0.29) is 6.10 Å². The molecule has 3 heteroatoms. The molecule has 17 heavy (non-hydrogen) atoms. The van der Waals surface area contributed by atoms with Gasteiger partial charge in [-0.1, -0.05) is 13.8 Å². The van der Waals surface area contributed by atoms with Crippen LogP contribution in [0.25, 0.3) is 0 Å². The summed E-state index contributed by atoms with van der Waals surface area (Å²) in [4.78, 5) is 1.39. The first-order valence-electron chi connectivity index (χ1n) is 6.48. The molecule has 1 aliphatic rings. The van der Waals surface area contributed by atoms with Crippen LogP contribution in [0.2, 0.25) is 0 Å². The van der Waals surface area contributed by atoms with Crippen LogP contribution in [0.4, 0.5) is 0 Å². The quantitative estimate of drug-likeness (QED) is 0.871. The first-order valence-corrected chi connectivity index (χ1v) is 8.15. The third-order valence-corrected chi connectivity index (χ3v) is 6.01. The molecule has 0 saturated heterocycles. The Hall–Kier alpha value is 0.140. The van der Waals surface area contributed by atoms with Crippen LogP contribution in [0.3, 0.4) is 0 Å². The highest BCUT2D eigenvalue weighted by molar-refractivity contribution is 9.10. The van der Waals surface area contributed by atoms with Gasteiger partial charge in [-0.25, -0.2) is 0 Å². The van der Waals surface area contributed by atoms with Crippen molar-refractivity contribution >= 4 is 27.3 Å². The molecule has 1 aromatic rings. The standard InChI is InChI=1S/C14H21BrOS/c1-9(2)10-3-4-13(16)11(7-10)8-14-12(15)5-6-17-14/h5-6,9-11,13,16H,3-4,7-8H2,1-2H3. The number of aliphatic hydroxyl groups excluding tert-OH is 1. The highest BCUT2D eigenvalue weighted by atomic mass is 79.9. The second kappa shape index (κ2) is 5.85. The molecule has 0 radical (unpaired) electrons. The van der Waals surface area contributed by atoms with Crippen LogP contribution in [0.15, 0.2) is 15.9 Å². The highest BCUT2D eigenvalue weighted by Gasteiger charge is 2.31. The van der Waals surface area contributed by atoms with Crippen molar-refractivity contribution in [3.8, 4) is 0 Å². The van der Waals surface area contributed by atoms with Crippen LogP contribution < -0.4 is 0 Å². The SMILES string of the molecule is CC(C)C1CCC(O)C(Cc2sccc2Br)C1. The highest BCUT2D eigenvalue weighted by Crippen LogP contribution is 2.37. The lowest BCUT2D eigenvalue weighted by Crippen LogP contribution is -2.32. The van der Waals surface area contributed by atoms with E-state index in [0.29, 0.717) is 5.92 Å². The molecule has 0 bridgehead atoms. The molecule has 1 nitrogen and oxygen atoms in total. The minimum Gasteiger partial charge on any atom is -0.393 e. The van der Waals surface area contributed by atoms with Crippen LogP contribution in [-0.4, -0.2) is 11.2 Å². The summed E-state index contributed by atoms with van der Waals surface area (Å²) in [6, 6.07) is 2.11. The van der Waals surface area contributed by atoms with E-state index in [1.807, 2.05) is 0 Å². The van der Waals surface area contributed by atoms with Crippen molar-refractivity contribution in [1.29, 1.82) is 0 Å². The van der Waals surface area contributed by atoms with Crippen LogP contribution >= 0.6 is 27.3 Å². The summed E-state index contributed by atoms with van der Waals surface area (Å²) in [7, 11) is 0. The van der Waals surface area contributed by atoms with Gasteiger partial charge in [-0.2, -0.15) is 0 Å². The summed E-state index contributed by atoms with van der Waals surface area (Å²) >= 11 is 5.38. The topological polar surface area (TPSA) is 20.2 Å². The Kier molecular flexibility index (Phi) is 4.67. The van der Waals surface area contributed by atoms with Gasteiger partial charge in [0.25, 0.3) is 0 Å². The molecule has 1 saturated carbocycles. The fraction of sp³-hybridized carbons (Fsp3) is 0.714. The molecule has 1 heterocycles. The van der Waals surface area contributed by atoms with E-state index in [1.54, 1.807) is 11.3 Å². The Balaban J connectivity index is 2.01. The van der Waals surface area contributed by atoms with E-state index >= 15 is 0 Å². The number of thiophene rings is 1. The summed E-state index contributed by atoms with van der Waals surface area (Å²) in [5.41, 5.74) is 0. The summed E-state index contributed by atoms with van der Waals surface area (Å²) in [6.07, 6.45) is 4.29. The maximum Gasteiger partial charge on any atom is 0.0572 e. The van der Waals surface area contributed by atoms with Gasteiger partial charge in [0.15, 0.2) is 0 Å². The first kappa shape index (κ1) is 13.6. The third-order valence-electron chi connectivity index (χ3n) is 4.06. The summed E-state index contributed by atoms with van der Waals surface area (Å²) in [5, 5.41) is 12.3. The van der Waals surface area contributed by atoms with E-state index in [1.165, 1.54) is 22.2 Å². The predicted molar refractivity (Wildman–Crippen MR) is 77.4 cm³/mol. The lowest BCUT2D eigenvalue weighted by atomic mass is 9.73. The number of halogens is 1. The number of rotatable bonds is 3. The molecular weight excluding hydrogens is 296 g/mol. The van der Waals surface area contributed by atoms with Crippen molar-refractivity contribution in [2.75, 3.05) is 0 Å². The largest absolute Gasteiger partial charge is 0.393 e. The molecule has 1 aromatic heterocycles. The zero-order valence-electron chi connectivity index (χ0n) is 10.5. The van der Waals surface area contributed by atoms with E-state index in [9.17, 15) is 5.11 Å². The molecule has 1 aliphatic carbocycles. The molecule has 1 fully saturated rings. The van der Waals surface area contributed by atoms with E-state index in [4.69, 9.17) is 0 Å². The predicted octanol–water partition coefficient (Wildman–Crippen LogP) is 4.49. The second-order valence-corrected chi connectivity index (χ2v) is 7.40. The average molecular weight is 317 g/mol. The molecule has 96 valence electrons. The van der Waals surface area contributed by atoms with Gasteiger partial charge < -0.3 is 5.11 Å². The van der Waals surface area contributed by atoms with Crippen LogP contribution in [0.5, 0.6) is 0 Å². The van der Waals surface area contributed by atoms with Crippen molar-refractivity contribution < 1.29 is 5.11 Å². The molecular formula is C14H21BrOS. The number of aliphatic hydroxyl groups is 1. The molecule has 1 N–H and O–H groups in total. The normalized spacial score (nSPS) is 29.8. The van der Waals surface area contributed by atoms with Gasteiger partial charge in [0.1, 0.15) is 0 Å². The van der Waals surface area contributed by atoms with Crippen molar-refractivity contribution in [3.05, 3.63) is 20.8 Å². The monoisotopic (exact) mass is 316 g/mol. The molecule has 0 spiro atoms.